The molecule has 1 aromatic heterocycles. The number of para-hydroxylation sites is 1. The van der Waals surface area contributed by atoms with Gasteiger partial charge >= 0.3 is 0 Å². The summed E-state index contributed by atoms with van der Waals surface area (Å²) in [6.07, 6.45) is 1.54. The molecule has 0 aliphatic carbocycles. The first-order chi connectivity index (χ1) is 17.6. The Balaban J connectivity index is 1.64. The Morgan fingerprint density at radius 2 is 1.83 bits per heavy atom. The second-order valence-corrected chi connectivity index (χ2v) is 10.1. The first-order valence-electron chi connectivity index (χ1n) is 11.4. The molecule has 0 fully saturated rings. The van der Waals surface area contributed by atoms with E-state index in [1.807, 2.05) is 53.4 Å². The molecule has 0 spiro atoms. The summed E-state index contributed by atoms with van der Waals surface area (Å²) in [5.41, 5.74) is 4.95. The van der Waals surface area contributed by atoms with E-state index in [1.54, 1.807) is 14.2 Å². The maximum atomic E-state index is 6.74. The normalized spacial score (nSPS) is 17.9. The minimum Gasteiger partial charge on any atom is -0.497 e. The van der Waals surface area contributed by atoms with Crippen molar-refractivity contribution >= 4 is 39.3 Å². The van der Waals surface area contributed by atoms with Crippen molar-refractivity contribution in [2.75, 3.05) is 25.8 Å². The molecule has 4 aromatic rings. The Morgan fingerprint density at radius 1 is 1.03 bits per heavy atom. The lowest BCUT2D eigenvalue weighted by atomic mass is 9.84. The number of benzene rings is 3. The van der Waals surface area contributed by atoms with Crippen LogP contribution < -0.4 is 19.5 Å². The number of anilines is 1. The highest BCUT2D eigenvalue weighted by molar-refractivity contribution is 9.10. The molecule has 7 nitrogen and oxygen atoms in total. The van der Waals surface area contributed by atoms with Gasteiger partial charge in [0.2, 0.25) is 11.1 Å². The molecule has 3 aromatic carbocycles. The number of ether oxygens (including phenoxy) is 3. The molecule has 2 aliphatic heterocycles. The van der Waals surface area contributed by atoms with Crippen molar-refractivity contribution in [3.63, 3.8) is 0 Å². The van der Waals surface area contributed by atoms with Crippen molar-refractivity contribution in [3.8, 4) is 17.2 Å². The maximum absolute atomic E-state index is 6.74. The fraction of sp³-hybridized carbons (Fsp3) is 0.185. The molecule has 0 bridgehead atoms. The summed E-state index contributed by atoms with van der Waals surface area (Å²) >= 11 is 5.15. The van der Waals surface area contributed by atoms with Crippen LogP contribution in [0.2, 0.25) is 0 Å². The summed E-state index contributed by atoms with van der Waals surface area (Å²) in [5, 5.41) is 9.13. The average Bonchev–Trinajstić information content (AvgIpc) is 3.34. The molecule has 2 atom stereocenters. The number of rotatable bonds is 5. The molecule has 0 saturated heterocycles. The van der Waals surface area contributed by atoms with Crippen molar-refractivity contribution in [1.29, 1.82) is 0 Å². The van der Waals surface area contributed by atoms with Crippen LogP contribution in [0.5, 0.6) is 17.2 Å². The number of hydrogen-bond acceptors (Lipinski definition) is 7. The molecule has 182 valence electrons. The van der Waals surface area contributed by atoms with E-state index in [2.05, 4.69) is 45.5 Å². The number of nitrogens with one attached hydrogen (secondary N) is 1. The monoisotopic (exact) mass is 562 g/mol. The molecule has 36 heavy (non-hydrogen) atoms. The lowest BCUT2D eigenvalue weighted by molar-refractivity contribution is 0.217. The molecule has 0 saturated carbocycles. The van der Waals surface area contributed by atoms with Crippen LogP contribution in [0, 0.1) is 0 Å². The van der Waals surface area contributed by atoms with Crippen LogP contribution in [-0.2, 0) is 0 Å². The first kappa shape index (κ1) is 23.0. The van der Waals surface area contributed by atoms with E-state index in [9.17, 15) is 0 Å². The smallest absolute Gasteiger partial charge is 0.227 e. The topological polar surface area (TPSA) is 70.4 Å². The van der Waals surface area contributed by atoms with Crippen molar-refractivity contribution < 1.29 is 14.2 Å². The van der Waals surface area contributed by atoms with E-state index < -0.39 is 6.10 Å². The third-order valence-electron chi connectivity index (χ3n) is 6.45. The van der Waals surface area contributed by atoms with Crippen molar-refractivity contribution in [2.24, 2.45) is 0 Å². The van der Waals surface area contributed by atoms with Gasteiger partial charge in [0.05, 0.1) is 19.9 Å². The summed E-state index contributed by atoms with van der Waals surface area (Å²) in [5.74, 6) is 3.02. The van der Waals surface area contributed by atoms with Crippen LogP contribution in [0.4, 0.5) is 5.95 Å². The van der Waals surface area contributed by atoms with Gasteiger partial charge < -0.3 is 19.5 Å². The molecule has 0 radical (unpaired) electrons. The molecular weight excluding hydrogens is 540 g/mol. The zero-order valence-corrected chi connectivity index (χ0v) is 22.3. The third-order valence-corrected chi connectivity index (χ3v) is 7.48. The summed E-state index contributed by atoms with van der Waals surface area (Å²) in [6.45, 7) is 0. The highest BCUT2D eigenvalue weighted by atomic mass is 79.9. The highest BCUT2D eigenvalue weighted by Crippen LogP contribution is 2.52. The van der Waals surface area contributed by atoms with Crippen molar-refractivity contribution in [2.45, 2.75) is 17.3 Å². The van der Waals surface area contributed by atoms with Gasteiger partial charge in [0, 0.05) is 21.2 Å². The Kier molecular flexibility index (Phi) is 5.89. The van der Waals surface area contributed by atoms with Gasteiger partial charge in [-0.25, -0.2) is 4.68 Å². The molecule has 0 amide bonds. The van der Waals surface area contributed by atoms with Gasteiger partial charge in [0.1, 0.15) is 23.3 Å². The lowest BCUT2D eigenvalue weighted by Gasteiger charge is -2.39. The number of aromatic nitrogens is 3. The fourth-order valence-electron chi connectivity index (χ4n) is 4.82. The molecule has 6 rings (SSSR count). The molecule has 3 heterocycles. The van der Waals surface area contributed by atoms with Crippen LogP contribution >= 0.6 is 27.7 Å². The van der Waals surface area contributed by atoms with Crippen LogP contribution in [0.25, 0.3) is 5.70 Å². The minimum atomic E-state index is -0.433. The van der Waals surface area contributed by atoms with E-state index in [1.165, 1.54) is 11.8 Å². The zero-order valence-electron chi connectivity index (χ0n) is 19.9. The van der Waals surface area contributed by atoms with E-state index in [4.69, 9.17) is 24.3 Å². The van der Waals surface area contributed by atoms with E-state index >= 15 is 0 Å². The second kappa shape index (κ2) is 9.22. The van der Waals surface area contributed by atoms with E-state index in [0.29, 0.717) is 11.1 Å². The van der Waals surface area contributed by atoms with Crippen molar-refractivity contribution in [1.82, 2.24) is 14.8 Å². The maximum Gasteiger partial charge on any atom is 0.227 e. The number of thioether (sulfide) groups is 1. The summed E-state index contributed by atoms with van der Waals surface area (Å²) in [7, 11) is 3.35. The Morgan fingerprint density at radius 3 is 2.58 bits per heavy atom. The van der Waals surface area contributed by atoms with Gasteiger partial charge in [-0.05, 0) is 54.3 Å². The van der Waals surface area contributed by atoms with Gasteiger partial charge in [-0.15, -0.1) is 5.10 Å². The molecule has 9 heteroatoms. The quantitative estimate of drug-likeness (QED) is 0.284. The standard InChI is InChI=1S/C27H23BrN4O3S/c1-33-17-11-8-15(9-12-17)24-22-23(29-26-30-27(36-3)31-32(24)26)18-6-4-5-7-21(18)35-25(22)19-14-16(28)10-13-20(19)34-2/h4-14,24-25H,1-3H3,(H,29,30,31). The second-order valence-electron chi connectivity index (χ2n) is 8.38. The predicted octanol–water partition coefficient (Wildman–Crippen LogP) is 6.34. The summed E-state index contributed by atoms with van der Waals surface area (Å²) in [6, 6.07) is 21.8. The average molecular weight is 563 g/mol. The zero-order chi connectivity index (χ0) is 24.8. The Bertz CT molecular complexity index is 1480. The highest BCUT2D eigenvalue weighted by Gasteiger charge is 2.42. The number of nitrogens with zero attached hydrogens (tertiary/aromatic N) is 3. The first-order valence-corrected chi connectivity index (χ1v) is 13.4. The SMILES string of the molecule is COc1ccc(C2C3=C(Nc4nc(SC)nn42)c2ccccc2OC3c2cc(Br)ccc2OC)cc1. The van der Waals surface area contributed by atoms with Gasteiger partial charge in [0.25, 0.3) is 0 Å². The fourth-order valence-corrected chi connectivity index (χ4v) is 5.55. The van der Waals surface area contributed by atoms with Crippen molar-refractivity contribution in [3.05, 3.63) is 93.5 Å². The Hall–Kier alpha value is -3.43. The molecular formula is C27H23BrN4O3S. The number of halogens is 1. The largest absolute Gasteiger partial charge is 0.497 e. The summed E-state index contributed by atoms with van der Waals surface area (Å²) < 4.78 is 20.8. The van der Waals surface area contributed by atoms with Crippen LogP contribution in [0.1, 0.15) is 28.8 Å². The Labute approximate surface area is 221 Å². The predicted molar refractivity (Wildman–Crippen MR) is 144 cm³/mol. The van der Waals surface area contributed by atoms with E-state index in [-0.39, 0.29) is 6.04 Å². The number of fused-ring (bicyclic) bond motifs is 3. The van der Waals surface area contributed by atoms with Gasteiger partial charge in [-0.1, -0.05) is 52.0 Å². The van der Waals surface area contributed by atoms with Crippen LogP contribution in [0.3, 0.4) is 0 Å². The van der Waals surface area contributed by atoms with Gasteiger partial charge in [-0.2, -0.15) is 4.98 Å². The van der Waals surface area contributed by atoms with Gasteiger partial charge in [0.15, 0.2) is 6.10 Å². The molecule has 1 N–H and O–H groups in total. The van der Waals surface area contributed by atoms with E-state index in [0.717, 1.165) is 49.7 Å². The number of hydrogen-bond donors (Lipinski definition) is 1. The molecule has 2 aliphatic rings. The van der Waals surface area contributed by atoms with Crippen LogP contribution in [-0.4, -0.2) is 35.2 Å². The summed E-state index contributed by atoms with van der Waals surface area (Å²) in [4.78, 5) is 4.76. The lowest BCUT2D eigenvalue weighted by Crippen LogP contribution is -2.32. The van der Waals surface area contributed by atoms with Gasteiger partial charge in [-0.3, -0.25) is 0 Å². The van der Waals surface area contributed by atoms with Crippen LogP contribution in [0.15, 0.2) is 81.9 Å². The third kappa shape index (κ3) is 3.74. The number of methoxy groups -OCH3 is 2. The molecule has 2 unspecified atom stereocenters. The minimum absolute atomic E-state index is 0.266.